The number of thioether (sulfide) groups is 1. The number of alkyl halides is 3. The van der Waals surface area contributed by atoms with Crippen LogP contribution in [0.1, 0.15) is 18.9 Å². The molecule has 0 saturated carbocycles. The van der Waals surface area contributed by atoms with Crippen molar-refractivity contribution in [2.45, 2.75) is 31.0 Å². The Hall–Kier alpha value is -1.41. The monoisotopic (exact) mass is 377 g/mol. The van der Waals surface area contributed by atoms with E-state index < -0.39 is 12.8 Å². The fourth-order valence-corrected chi connectivity index (χ4v) is 2.50. The molecule has 1 aromatic carbocycles. The molecule has 0 aliphatic carbocycles. The zero-order valence-corrected chi connectivity index (χ0v) is 15.7. The van der Waals surface area contributed by atoms with Crippen LogP contribution in [0.4, 0.5) is 13.2 Å². The highest BCUT2D eigenvalue weighted by atomic mass is 32.2. The van der Waals surface area contributed by atoms with E-state index in [1.54, 1.807) is 11.8 Å². The Kier molecular flexibility index (Phi) is 9.74. The molecule has 0 fully saturated rings. The lowest BCUT2D eigenvalue weighted by molar-refractivity contribution is -0.173. The van der Waals surface area contributed by atoms with Gasteiger partial charge in [0.1, 0.15) is 6.61 Å². The summed E-state index contributed by atoms with van der Waals surface area (Å²) < 4.78 is 40.5. The Morgan fingerprint density at radius 1 is 1.28 bits per heavy atom. The van der Waals surface area contributed by atoms with Crippen LogP contribution in [0.3, 0.4) is 0 Å². The molecule has 25 heavy (non-hydrogen) atoms. The topological polar surface area (TPSA) is 36.9 Å². The molecular weight excluding hydrogens is 351 g/mol. The van der Waals surface area contributed by atoms with Crippen LogP contribution in [0.5, 0.6) is 0 Å². The molecule has 0 aromatic heterocycles. The van der Waals surface area contributed by atoms with Gasteiger partial charge in [0.05, 0.1) is 0 Å². The number of ether oxygens (including phenoxy) is 1. The number of hydrogen-bond acceptors (Lipinski definition) is 3. The average Bonchev–Trinajstić information content (AvgIpc) is 2.56. The molecule has 0 radical (unpaired) electrons. The van der Waals surface area contributed by atoms with Gasteiger partial charge in [-0.2, -0.15) is 13.2 Å². The van der Waals surface area contributed by atoms with E-state index in [4.69, 9.17) is 0 Å². The highest BCUT2D eigenvalue weighted by molar-refractivity contribution is 7.98. The van der Waals surface area contributed by atoms with E-state index in [0.717, 1.165) is 12.5 Å². The summed E-state index contributed by atoms with van der Waals surface area (Å²) in [4.78, 5) is 7.65. The van der Waals surface area contributed by atoms with Crippen molar-refractivity contribution in [3.63, 3.8) is 0 Å². The van der Waals surface area contributed by atoms with Gasteiger partial charge in [-0.15, -0.1) is 11.8 Å². The van der Waals surface area contributed by atoms with E-state index >= 15 is 0 Å². The van der Waals surface area contributed by atoms with Gasteiger partial charge < -0.3 is 15.0 Å². The van der Waals surface area contributed by atoms with E-state index in [2.05, 4.69) is 39.3 Å². The SMILES string of the molecule is CCNC(=NCCCOCC(F)(F)F)N(C)Cc1ccc(SC)cc1. The minimum atomic E-state index is -4.27. The molecule has 1 N–H and O–H groups in total. The lowest BCUT2D eigenvalue weighted by Crippen LogP contribution is -2.38. The predicted molar refractivity (Wildman–Crippen MR) is 97.2 cm³/mol. The lowest BCUT2D eigenvalue weighted by Gasteiger charge is -2.22. The first-order valence-electron chi connectivity index (χ1n) is 8.12. The Morgan fingerprint density at radius 3 is 2.52 bits per heavy atom. The van der Waals surface area contributed by atoms with E-state index in [0.29, 0.717) is 19.5 Å². The molecule has 0 unspecified atom stereocenters. The number of guanidine groups is 1. The summed E-state index contributed by atoms with van der Waals surface area (Å²) in [5, 5.41) is 3.19. The normalized spacial score (nSPS) is 12.3. The first kappa shape index (κ1) is 21.6. The molecule has 0 saturated heterocycles. The number of aliphatic imine (C=N–C) groups is 1. The molecule has 4 nitrogen and oxygen atoms in total. The molecule has 0 amide bonds. The van der Waals surface area contributed by atoms with Crippen LogP contribution in [-0.2, 0) is 11.3 Å². The van der Waals surface area contributed by atoms with Crippen molar-refractivity contribution in [3.8, 4) is 0 Å². The van der Waals surface area contributed by atoms with Crippen LogP contribution in [0, 0.1) is 0 Å². The van der Waals surface area contributed by atoms with E-state index in [9.17, 15) is 13.2 Å². The minimum Gasteiger partial charge on any atom is -0.372 e. The van der Waals surface area contributed by atoms with E-state index in [-0.39, 0.29) is 6.61 Å². The molecule has 142 valence electrons. The fraction of sp³-hybridized carbons (Fsp3) is 0.588. The Bertz CT molecular complexity index is 521. The van der Waals surface area contributed by atoms with Crippen LogP contribution in [0.15, 0.2) is 34.2 Å². The van der Waals surface area contributed by atoms with Crippen LogP contribution in [-0.4, -0.2) is 56.6 Å². The van der Waals surface area contributed by atoms with Crippen molar-refractivity contribution >= 4 is 17.7 Å². The smallest absolute Gasteiger partial charge is 0.372 e. The van der Waals surface area contributed by atoms with Gasteiger partial charge in [-0.3, -0.25) is 4.99 Å². The van der Waals surface area contributed by atoms with Crippen molar-refractivity contribution in [2.24, 2.45) is 4.99 Å². The second kappa shape index (κ2) is 11.3. The van der Waals surface area contributed by atoms with Gasteiger partial charge >= 0.3 is 6.18 Å². The summed E-state index contributed by atoms with van der Waals surface area (Å²) in [6.07, 6.45) is -1.79. The van der Waals surface area contributed by atoms with Crippen molar-refractivity contribution in [3.05, 3.63) is 29.8 Å². The van der Waals surface area contributed by atoms with Crippen molar-refractivity contribution in [2.75, 3.05) is 39.6 Å². The number of nitrogens with one attached hydrogen (secondary N) is 1. The molecule has 1 rings (SSSR count). The number of benzene rings is 1. The predicted octanol–water partition coefficient (Wildman–Crippen LogP) is 3.77. The van der Waals surface area contributed by atoms with Gasteiger partial charge in [0.2, 0.25) is 0 Å². The van der Waals surface area contributed by atoms with Crippen LogP contribution in [0.2, 0.25) is 0 Å². The highest BCUT2D eigenvalue weighted by Crippen LogP contribution is 2.16. The average molecular weight is 377 g/mol. The van der Waals surface area contributed by atoms with Gasteiger partial charge in [0.15, 0.2) is 5.96 Å². The summed E-state index contributed by atoms with van der Waals surface area (Å²) in [6, 6.07) is 8.32. The van der Waals surface area contributed by atoms with E-state index in [1.165, 1.54) is 10.5 Å². The van der Waals surface area contributed by atoms with Crippen molar-refractivity contribution in [1.82, 2.24) is 10.2 Å². The van der Waals surface area contributed by atoms with Crippen molar-refractivity contribution in [1.29, 1.82) is 0 Å². The lowest BCUT2D eigenvalue weighted by atomic mass is 10.2. The second-order valence-electron chi connectivity index (χ2n) is 5.46. The van der Waals surface area contributed by atoms with Crippen LogP contribution in [0.25, 0.3) is 0 Å². The zero-order chi connectivity index (χ0) is 18.7. The van der Waals surface area contributed by atoms with Gasteiger partial charge in [0.25, 0.3) is 0 Å². The largest absolute Gasteiger partial charge is 0.411 e. The Morgan fingerprint density at radius 2 is 1.96 bits per heavy atom. The third-order valence-electron chi connectivity index (χ3n) is 3.25. The summed E-state index contributed by atoms with van der Waals surface area (Å²) >= 11 is 1.70. The van der Waals surface area contributed by atoms with Gasteiger partial charge in [0, 0.05) is 38.2 Å². The third-order valence-corrected chi connectivity index (χ3v) is 3.99. The van der Waals surface area contributed by atoms with Crippen LogP contribution < -0.4 is 5.32 Å². The quantitative estimate of drug-likeness (QED) is 0.308. The first-order chi connectivity index (χ1) is 11.9. The Labute approximate surface area is 151 Å². The molecule has 0 heterocycles. The standard InChI is InChI=1S/C17H26F3N3OS/c1-4-21-16(22-10-5-11-24-13-17(18,19)20)23(2)12-14-6-8-15(25-3)9-7-14/h6-9H,4-5,10-13H2,1-3H3,(H,21,22). The number of hydrogen-bond donors (Lipinski definition) is 1. The fourth-order valence-electron chi connectivity index (χ4n) is 2.09. The third kappa shape index (κ3) is 9.60. The molecule has 0 bridgehead atoms. The van der Waals surface area contributed by atoms with Crippen molar-refractivity contribution < 1.29 is 17.9 Å². The molecule has 0 aliphatic heterocycles. The first-order valence-corrected chi connectivity index (χ1v) is 9.35. The van der Waals surface area contributed by atoms with Gasteiger partial charge in [-0.05, 0) is 37.3 Å². The molecule has 8 heteroatoms. The van der Waals surface area contributed by atoms with E-state index in [1.807, 2.05) is 25.1 Å². The molecule has 0 atom stereocenters. The summed E-state index contributed by atoms with van der Waals surface area (Å²) in [5.74, 6) is 0.729. The number of nitrogens with zero attached hydrogens (tertiary/aromatic N) is 2. The Balaban J connectivity index is 2.47. The van der Waals surface area contributed by atoms with Gasteiger partial charge in [-0.25, -0.2) is 0 Å². The maximum atomic E-state index is 12.0. The second-order valence-corrected chi connectivity index (χ2v) is 6.34. The summed E-state index contributed by atoms with van der Waals surface area (Å²) in [5.41, 5.74) is 1.17. The number of halogens is 3. The summed E-state index contributed by atoms with van der Waals surface area (Å²) in [7, 11) is 1.93. The maximum Gasteiger partial charge on any atom is 0.411 e. The molecule has 1 aromatic rings. The zero-order valence-electron chi connectivity index (χ0n) is 14.9. The highest BCUT2D eigenvalue weighted by Gasteiger charge is 2.27. The maximum absolute atomic E-state index is 12.0. The molecule has 0 spiro atoms. The number of rotatable bonds is 9. The summed E-state index contributed by atoms with van der Waals surface area (Å²) in [6.45, 7) is 2.65. The van der Waals surface area contributed by atoms with Crippen LogP contribution >= 0.6 is 11.8 Å². The minimum absolute atomic E-state index is 0.0439. The van der Waals surface area contributed by atoms with Gasteiger partial charge in [-0.1, -0.05) is 12.1 Å². The molecule has 0 aliphatic rings. The molecular formula is C17H26F3N3OS.